The molecule has 0 aliphatic rings. The lowest BCUT2D eigenvalue weighted by atomic mass is 10.2. The predicted octanol–water partition coefficient (Wildman–Crippen LogP) is 1.44. The number of benzene rings is 1. The first kappa shape index (κ1) is 12.6. The Morgan fingerprint density at radius 1 is 1.28 bits per heavy atom. The van der Waals surface area contributed by atoms with Gasteiger partial charge in [0.05, 0.1) is 19.9 Å². The molecule has 0 atom stereocenters. The van der Waals surface area contributed by atoms with Crippen molar-refractivity contribution in [1.29, 1.82) is 0 Å². The van der Waals surface area contributed by atoms with Crippen LogP contribution in [0.1, 0.15) is 5.82 Å². The summed E-state index contributed by atoms with van der Waals surface area (Å²) in [5.41, 5.74) is 0.717. The number of ether oxygens (including phenoxy) is 2. The standard InChI is InChI=1S/C11H13N3O3S/c1-16-8-3-7(4-9(5-8)17-2)14-10(6-15)12-13-11(14)18/h3-5,15H,6H2,1-2H3,(H,13,18). The molecule has 0 saturated carbocycles. The first-order valence-electron chi connectivity index (χ1n) is 5.20. The summed E-state index contributed by atoms with van der Waals surface area (Å²) in [4.78, 5) is 0. The van der Waals surface area contributed by atoms with Gasteiger partial charge in [0.25, 0.3) is 0 Å². The van der Waals surface area contributed by atoms with Crippen molar-refractivity contribution >= 4 is 12.2 Å². The summed E-state index contributed by atoms with van der Waals surface area (Å²) in [7, 11) is 3.14. The van der Waals surface area contributed by atoms with Gasteiger partial charge in [0.2, 0.25) is 0 Å². The lowest BCUT2D eigenvalue weighted by Crippen LogP contribution is -2.02. The molecule has 0 aliphatic heterocycles. The molecule has 18 heavy (non-hydrogen) atoms. The summed E-state index contributed by atoms with van der Waals surface area (Å²) in [6.07, 6.45) is 0. The smallest absolute Gasteiger partial charge is 0.199 e. The maximum absolute atomic E-state index is 9.23. The minimum absolute atomic E-state index is 0.216. The molecule has 6 nitrogen and oxygen atoms in total. The van der Waals surface area contributed by atoms with Crippen molar-refractivity contribution in [3.63, 3.8) is 0 Å². The second-order valence-electron chi connectivity index (χ2n) is 3.51. The Balaban J connectivity index is 2.62. The quantitative estimate of drug-likeness (QED) is 0.820. The van der Waals surface area contributed by atoms with Crippen molar-refractivity contribution in [2.24, 2.45) is 0 Å². The molecule has 1 heterocycles. The van der Waals surface area contributed by atoms with Gasteiger partial charge < -0.3 is 14.6 Å². The fourth-order valence-corrected chi connectivity index (χ4v) is 1.88. The first-order valence-corrected chi connectivity index (χ1v) is 5.61. The maximum atomic E-state index is 9.23. The SMILES string of the molecule is COc1cc(OC)cc(-n2c(CO)n[nH]c2=S)c1. The van der Waals surface area contributed by atoms with Crippen LogP contribution in [0.3, 0.4) is 0 Å². The molecule has 1 aromatic carbocycles. The summed E-state index contributed by atoms with van der Waals surface area (Å²) >= 11 is 5.13. The zero-order valence-electron chi connectivity index (χ0n) is 10.0. The first-order chi connectivity index (χ1) is 8.69. The van der Waals surface area contributed by atoms with E-state index in [1.54, 1.807) is 37.0 Å². The van der Waals surface area contributed by atoms with Crippen LogP contribution < -0.4 is 9.47 Å². The highest BCUT2D eigenvalue weighted by Crippen LogP contribution is 2.25. The summed E-state index contributed by atoms with van der Waals surface area (Å²) in [6.45, 7) is -0.216. The lowest BCUT2D eigenvalue weighted by molar-refractivity contribution is 0.268. The molecule has 7 heteroatoms. The topological polar surface area (TPSA) is 72.3 Å². The van der Waals surface area contributed by atoms with Crippen molar-refractivity contribution in [3.05, 3.63) is 28.8 Å². The van der Waals surface area contributed by atoms with Crippen LogP contribution in [0.25, 0.3) is 5.69 Å². The minimum atomic E-state index is -0.216. The van der Waals surface area contributed by atoms with E-state index in [0.29, 0.717) is 27.8 Å². The van der Waals surface area contributed by atoms with Gasteiger partial charge in [-0.3, -0.25) is 9.67 Å². The molecule has 96 valence electrons. The van der Waals surface area contributed by atoms with E-state index < -0.39 is 0 Å². The van der Waals surface area contributed by atoms with Crippen molar-refractivity contribution in [2.45, 2.75) is 6.61 Å². The number of aliphatic hydroxyl groups is 1. The van der Waals surface area contributed by atoms with Crippen molar-refractivity contribution in [2.75, 3.05) is 14.2 Å². The van der Waals surface area contributed by atoms with Crippen LogP contribution in [0.2, 0.25) is 0 Å². The van der Waals surface area contributed by atoms with Crippen LogP contribution in [-0.4, -0.2) is 34.1 Å². The van der Waals surface area contributed by atoms with Crippen molar-refractivity contribution in [3.8, 4) is 17.2 Å². The number of nitrogens with one attached hydrogen (secondary N) is 1. The molecule has 0 amide bonds. The zero-order chi connectivity index (χ0) is 13.1. The molecular weight excluding hydrogens is 254 g/mol. The van der Waals surface area contributed by atoms with Gasteiger partial charge in [-0.05, 0) is 12.2 Å². The van der Waals surface area contributed by atoms with Crippen LogP contribution in [0.5, 0.6) is 11.5 Å². The van der Waals surface area contributed by atoms with Crippen LogP contribution in [0.15, 0.2) is 18.2 Å². The maximum Gasteiger partial charge on any atom is 0.199 e. The van der Waals surface area contributed by atoms with Crippen LogP contribution in [0.4, 0.5) is 0 Å². The van der Waals surface area contributed by atoms with Gasteiger partial charge in [-0.1, -0.05) is 0 Å². The number of aromatic nitrogens is 3. The molecule has 2 rings (SSSR count). The van der Waals surface area contributed by atoms with Crippen LogP contribution in [0, 0.1) is 4.77 Å². The number of hydrogen-bond acceptors (Lipinski definition) is 5. The van der Waals surface area contributed by atoms with Crippen molar-refractivity contribution < 1.29 is 14.6 Å². The summed E-state index contributed by atoms with van der Waals surface area (Å²) in [5, 5.41) is 15.8. The normalized spacial score (nSPS) is 10.4. The van der Waals surface area contributed by atoms with Gasteiger partial charge in [0.1, 0.15) is 18.1 Å². The number of aliphatic hydroxyl groups excluding tert-OH is 1. The number of aromatic amines is 1. The van der Waals surface area contributed by atoms with E-state index >= 15 is 0 Å². The molecule has 0 bridgehead atoms. The number of methoxy groups -OCH3 is 2. The Morgan fingerprint density at radius 2 is 1.89 bits per heavy atom. The molecule has 2 N–H and O–H groups in total. The third kappa shape index (κ3) is 2.22. The van der Waals surface area contributed by atoms with E-state index in [0.717, 1.165) is 0 Å². The Kier molecular flexibility index (Phi) is 3.63. The fraction of sp³-hybridized carbons (Fsp3) is 0.273. The highest BCUT2D eigenvalue weighted by Gasteiger charge is 2.10. The van der Waals surface area contributed by atoms with Crippen LogP contribution in [-0.2, 0) is 6.61 Å². The molecule has 0 fully saturated rings. The van der Waals surface area contributed by atoms with Gasteiger partial charge in [-0.2, -0.15) is 5.10 Å². The zero-order valence-corrected chi connectivity index (χ0v) is 10.8. The number of H-pyrrole nitrogens is 1. The van der Waals surface area contributed by atoms with E-state index in [-0.39, 0.29) is 6.61 Å². The number of hydrogen-bond donors (Lipinski definition) is 2. The van der Waals surface area contributed by atoms with Crippen LogP contribution >= 0.6 is 12.2 Å². The average Bonchev–Trinajstić information content (AvgIpc) is 2.79. The predicted molar refractivity (Wildman–Crippen MR) is 67.8 cm³/mol. The number of nitrogens with zero attached hydrogens (tertiary/aromatic N) is 2. The van der Waals surface area contributed by atoms with Crippen molar-refractivity contribution in [1.82, 2.24) is 14.8 Å². The average molecular weight is 267 g/mol. The Bertz CT molecular complexity index is 584. The lowest BCUT2D eigenvalue weighted by Gasteiger charge is -2.10. The monoisotopic (exact) mass is 267 g/mol. The molecule has 1 aromatic heterocycles. The molecule has 0 spiro atoms. The Labute approximate surface area is 109 Å². The van der Waals surface area contributed by atoms with Gasteiger partial charge in [0.15, 0.2) is 10.6 Å². The fourth-order valence-electron chi connectivity index (χ4n) is 1.62. The molecule has 0 saturated heterocycles. The molecule has 0 aliphatic carbocycles. The van der Waals surface area contributed by atoms with Gasteiger partial charge in [-0.25, -0.2) is 0 Å². The largest absolute Gasteiger partial charge is 0.497 e. The minimum Gasteiger partial charge on any atom is -0.497 e. The Morgan fingerprint density at radius 3 is 2.39 bits per heavy atom. The summed E-state index contributed by atoms with van der Waals surface area (Å²) < 4.78 is 12.4. The molecule has 2 aromatic rings. The van der Waals surface area contributed by atoms with E-state index in [1.165, 1.54) is 0 Å². The van der Waals surface area contributed by atoms with E-state index in [9.17, 15) is 5.11 Å². The van der Waals surface area contributed by atoms with E-state index in [2.05, 4.69) is 10.2 Å². The molecule has 0 unspecified atom stereocenters. The highest BCUT2D eigenvalue weighted by atomic mass is 32.1. The third-order valence-corrected chi connectivity index (χ3v) is 2.75. The summed E-state index contributed by atoms with van der Waals surface area (Å²) in [5.74, 6) is 1.70. The van der Waals surface area contributed by atoms with E-state index in [1.807, 2.05) is 0 Å². The Hall–Kier alpha value is -1.86. The molecular formula is C11H13N3O3S. The second-order valence-corrected chi connectivity index (χ2v) is 3.90. The molecule has 0 radical (unpaired) electrons. The van der Waals surface area contributed by atoms with Gasteiger partial charge in [0, 0.05) is 18.2 Å². The summed E-state index contributed by atoms with van der Waals surface area (Å²) in [6, 6.07) is 5.33. The third-order valence-electron chi connectivity index (χ3n) is 2.48. The van der Waals surface area contributed by atoms with Gasteiger partial charge in [-0.15, -0.1) is 0 Å². The number of rotatable bonds is 4. The highest BCUT2D eigenvalue weighted by molar-refractivity contribution is 7.71. The van der Waals surface area contributed by atoms with Gasteiger partial charge >= 0.3 is 0 Å². The van der Waals surface area contributed by atoms with E-state index in [4.69, 9.17) is 21.7 Å². The second kappa shape index (κ2) is 5.19.